The quantitative estimate of drug-likeness (QED) is 0.404. The Balaban J connectivity index is 1.84. The second-order valence-electron chi connectivity index (χ2n) is 6.52. The normalized spacial score (nSPS) is 17.4. The Hall–Kier alpha value is -1.19. The molecule has 2 rings (SSSR count). The van der Waals surface area contributed by atoms with Gasteiger partial charge in [0, 0.05) is 5.69 Å². The summed E-state index contributed by atoms with van der Waals surface area (Å²) in [7, 11) is 0. The highest BCUT2D eigenvalue weighted by Gasteiger charge is 2.33. The number of nitrogen functional groups attached to an aromatic ring is 1. The van der Waals surface area contributed by atoms with Gasteiger partial charge in [0.15, 0.2) is 0 Å². The second kappa shape index (κ2) is 7.89. The number of hydrogen-bond donors (Lipinski definition) is 1. The van der Waals surface area contributed by atoms with Crippen LogP contribution in [-0.2, 0) is 12.6 Å². The van der Waals surface area contributed by atoms with Crippen molar-refractivity contribution in [2.45, 2.75) is 70.4 Å². The monoisotopic (exact) mass is 313 g/mol. The van der Waals surface area contributed by atoms with Gasteiger partial charge in [-0.2, -0.15) is 13.2 Å². The number of aryl methyl sites for hydroxylation is 1. The number of nitrogens with two attached hydrogens (primary N) is 1. The summed E-state index contributed by atoms with van der Waals surface area (Å²) < 4.78 is 39.1. The summed E-state index contributed by atoms with van der Waals surface area (Å²) in [5, 5.41) is 0. The van der Waals surface area contributed by atoms with Crippen molar-refractivity contribution in [2.75, 3.05) is 5.73 Å². The molecule has 1 saturated carbocycles. The lowest BCUT2D eigenvalue weighted by molar-refractivity contribution is -0.138. The van der Waals surface area contributed by atoms with Crippen molar-refractivity contribution in [3.63, 3.8) is 0 Å². The van der Waals surface area contributed by atoms with Crippen LogP contribution in [0.1, 0.15) is 68.9 Å². The summed E-state index contributed by atoms with van der Waals surface area (Å²) in [6, 6.07) is 4.15. The van der Waals surface area contributed by atoms with Gasteiger partial charge in [0.1, 0.15) is 0 Å². The fourth-order valence-electron chi connectivity index (χ4n) is 3.48. The molecule has 1 aliphatic rings. The first kappa shape index (κ1) is 17.2. The Kier molecular flexibility index (Phi) is 6.16. The predicted molar refractivity (Wildman–Crippen MR) is 84.6 cm³/mol. The van der Waals surface area contributed by atoms with E-state index in [0.717, 1.165) is 31.2 Å². The van der Waals surface area contributed by atoms with Crippen LogP contribution in [0.25, 0.3) is 0 Å². The minimum Gasteiger partial charge on any atom is -0.399 e. The summed E-state index contributed by atoms with van der Waals surface area (Å²) in [6.07, 6.45) is 7.11. The molecule has 0 aromatic heterocycles. The molecule has 22 heavy (non-hydrogen) atoms. The molecule has 0 saturated heterocycles. The molecule has 0 atom stereocenters. The van der Waals surface area contributed by atoms with Gasteiger partial charge in [-0.15, -0.1) is 0 Å². The number of rotatable bonds is 5. The Bertz CT molecular complexity index is 460. The zero-order valence-corrected chi connectivity index (χ0v) is 13.1. The first-order chi connectivity index (χ1) is 10.5. The highest BCUT2D eigenvalue weighted by Crippen LogP contribution is 2.34. The van der Waals surface area contributed by atoms with Gasteiger partial charge in [-0.3, -0.25) is 0 Å². The first-order valence-electron chi connectivity index (χ1n) is 8.42. The maximum absolute atomic E-state index is 13.0. The van der Waals surface area contributed by atoms with Gasteiger partial charge in [0.05, 0.1) is 5.56 Å². The number of hydrogen-bond acceptors (Lipinski definition) is 1. The van der Waals surface area contributed by atoms with Crippen molar-refractivity contribution in [2.24, 2.45) is 5.92 Å². The number of anilines is 1. The Morgan fingerprint density at radius 1 is 1.00 bits per heavy atom. The molecule has 0 amide bonds. The number of benzene rings is 1. The summed E-state index contributed by atoms with van der Waals surface area (Å²) in [4.78, 5) is 0. The van der Waals surface area contributed by atoms with E-state index in [1.165, 1.54) is 44.6 Å². The molecule has 1 nitrogen and oxygen atoms in total. The molecule has 1 aromatic carbocycles. The number of unbranched alkanes of at least 4 members (excludes halogenated alkanes) is 1. The molecule has 0 unspecified atom stereocenters. The summed E-state index contributed by atoms with van der Waals surface area (Å²) in [5.41, 5.74) is 5.48. The van der Waals surface area contributed by atoms with Gasteiger partial charge in [0.25, 0.3) is 0 Å². The van der Waals surface area contributed by atoms with Gasteiger partial charge >= 0.3 is 6.18 Å². The maximum atomic E-state index is 13.0. The van der Waals surface area contributed by atoms with E-state index in [2.05, 4.69) is 0 Å². The van der Waals surface area contributed by atoms with Crippen LogP contribution in [0.2, 0.25) is 0 Å². The van der Waals surface area contributed by atoms with Crippen LogP contribution in [0.3, 0.4) is 0 Å². The molecular weight excluding hydrogens is 287 g/mol. The van der Waals surface area contributed by atoms with Crippen LogP contribution in [0.4, 0.5) is 18.9 Å². The summed E-state index contributed by atoms with van der Waals surface area (Å²) in [6.45, 7) is 0. The molecule has 0 radical (unpaired) electrons. The molecule has 0 heterocycles. The van der Waals surface area contributed by atoms with Crippen LogP contribution in [0.5, 0.6) is 0 Å². The fraction of sp³-hybridized carbons (Fsp3) is 0.667. The average Bonchev–Trinajstić information content (AvgIpc) is 2.72. The topological polar surface area (TPSA) is 26.0 Å². The number of alkyl halides is 3. The van der Waals surface area contributed by atoms with E-state index in [-0.39, 0.29) is 5.69 Å². The van der Waals surface area contributed by atoms with Crippen molar-refractivity contribution >= 4 is 5.69 Å². The van der Waals surface area contributed by atoms with E-state index in [0.29, 0.717) is 12.0 Å². The SMILES string of the molecule is Nc1ccc(CCCCC2CCCCCC2)c(C(F)(F)F)c1. The smallest absolute Gasteiger partial charge is 0.399 e. The molecule has 0 bridgehead atoms. The van der Waals surface area contributed by atoms with Crippen molar-refractivity contribution in [3.05, 3.63) is 29.3 Å². The van der Waals surface area contributed by atoms with E-state index in [4.69, 9.17) is 5.73 Å². The average molecular weight is 313 g/mol. The van der Waals surface area contributed by atoms with E-state index >= 15 is 0 Å². The van der Waals surface area contributed by atoms with Gasteiger partial charge < -0.3 is 5.73 Å². The van der Waals surface area contributed by atoms with E-state index in [1.807, 2.05) is 0 Å². The van der Waals surface area contributed by atoms with E-state index < -0.39 is 11.7 Å². The lowest BCUT2D eigenvalue weighted by Gasteiger charge is -2.15. The highest BCUT2D eigenvalue weighted by molar-refractivity contribution is 5.46. The van der Waals surface area contributed by atoms with Gasteiger partial charge in [-0.25, -0.2) is 0 Å². The van der Waals surface area contributed by atoms with Gasteiger partial charge in [-0.1, -0.05) is 57.4 Å². The molecular formula is C18H26F3N. The van der Waals surface area contributed by atoms with Crippen molar-refractivity contribution < 1.29 is 13.2 Å². The maximum Gasteiger partial charge on any atom is 0.416 e. The van der Waals surface area contributed by atoms with E-state index in [9.17, 15) is 13.2 Å². The lowest BCUT2D eigenvalue weighted by atomic mass is 9.92. The van der Waals surface area contributed by atoms with Crippen LogP contribution >= 0.6 is 0 Å². The van der Waals surface area contributed by atoms with Gasteiger partial charge in [-0.05, 0) is 36.5 Å². The summed E-state index contributed by atoms with van der Waals surface area (Å²) in [5.74, 6) is 0.788. The van der Waals surface area contributed by atoms with Crippen LogP contribution in [0.15, 0.2) is 18.2 Å². The molecule has 0 aliphatic heterocycles. The fourth-order valence-corrected chi connectivity index (χ4v) is 3.48. The lowest BCUT2D eigenvalue weighted by Crippen LogP contribution is -2.10. The zero-order chi connectivity index (χ0) is 16.0. The molecule has 0 spiro atoms. The standard InChI is InChI=1S/C18H26F3N/c19-18(20,21)17-13-16(22)12-11-15(17)10-6-5-9-14-7-3-1-2-4-8-14/h11-14H,1-10,22H2. The second-order valence-corrected chi connectivity index (χ2v) is 6.52. The van der Waals surface area contributed by atoms with E-state index in [1.54, 1.807) is 6.07 Å². The zero-order valence-electron chi connectivity index (χ0n) is 13.1. The van der Waals surface area contributed by atoms with Crippen molar-refractivity contribution in [1.82, 2.24) is 0 Å². The highest BCUT2D eigenvalue weighted by atomic mass is 19.4. The number of halogens is 3. The first-order valence-corrected chi connectivity index (χ1v) is 8.42. The van der Waals surface area contributed by atoms with Crippen molar-refractivity contribution in [3.8, 4) is 0 Å². The van der Waals surface area contributed by atoms with Crippen molar-refractivity contribution in [1.29, 1.82) is 0 Å². The Morgan fingerprint density at radius 3 is 2.32 bits per heavy atom. The third-order valence-corrected chi connectivity index (χ3v) is 4.72. The molecule has 2 N–H and O–H groups in total. The largest absolute Gasteiger partial charge is 0.416 e. The van der Waals surface area contributed by atoms with Crippen LogP contribution in [0, 0.1) is 5.92 Å². The van der Waals surface area contributed by atoms with Crippen LogP contribution < -0.4 is 5.73 Å². The minimum absolute atomic E-state index is 0.175. The van der Waals surface area contributed by atoms with Crippen LogP contribution in [-0.4, -0.2) is 0 Å². The molecule has 124 valence electrons. The Morgan fingerprint density at radius 2 is 1.68 bits per heavy atom. The molecule has 1 aromatic rings. The third kappa shape index (κ3) is 5.22. The molecule has 1 aliphatic carbocycles. The third-order valence-electron chi connectivity index (χ3n) is 4.72. The Labute approximate surface area is 131 Å². The molecule has 4 heteroatoms. The predicted octanol–water partition coefficient (Wildman–Crippen LogP) is 5.97. The molecule has 1 fully saturated rings. The minimum atomic E-state index is -4.31. The van der Waals surface area contributed by atoms with Gasteiger partial charge in [0.2, 0.25) is 0 Å². The summed E-state index contributed by atoms with van der Waals surface area (Å²) >= 11 is 0.